The number of aromatic nitrogens is 4. The number of H-pyrrole nitrogens is 1. The van der Waals surface area contributed by atoms with Gasteiger partial charge in [-0.25, -0.2) is 0 Å². The van der Waals surface area contributed by atoms with E-state index in [1.807, 2.05) is 9.58 Å². The van der Waals surface area contributed by atoms with E-state index in [1.165, 1.54) is 0 Å². The summed E-state index contributed by atoms with van der Waals surface area (Å²) < 4.78 is 7.20. The van der Waals surface area contributed by atoms with Crippen LogP contribution < -0.4 is 10.5 Å². The van der Waals surface area contributed by atoms with Gasteiger partial charge in [0, 0.05) is 24.1 Å². The lowest BCUT2D eigenvalue weighted by molar-refractivity contribution is 0.122. The van der Waals surface area contributed by atoms with Crippen molar-refractivity contribution in [2.75, 3.05) is 31.2 Å². The third-order valence-corrected chi connectivity index (χ3v) is 4.71. The molecular formula is C15H22BrN5O2. The molecule has 0 saturated carbocycles. The second-order valence-electron chi connectivity index (χ2n) is 6.25. The van der Waals surface area contributed by atoms with Gasteiger partial charge in [-0.05, 0) is 5.92 Å². The molecule has 0 bridgehead atoms. The maximum absolute atomic E-state index is 12.4. The monoisotopic (exact) mass is 383 g/mol. The zero-order chi connectivity index (χ0) is 16.6. The first-order valence-electron chi connectivity index (χ1n) is 7.93. The first kappa shape index (κ1) is 16.4. The summed E-state index contributed by atoms with van der Waals surface area (Å²) in [5, 5.41) is 5.10. The lowest BCUT2D eigenvalue weighted by Gasteiger charge is -2.26. The zero-order valence-corrected chi connectivity index (χ0v) is 15.2. The van der Waals surface area contributed by atoms with Crippen LogP contribution in [0, 0.1) is 5.92 Å². The standard InChI is InChI=1S/C15H22BrN5O2/c1-9(2)12(10(3)16)21-8-11-13(19-21)17-15(18-14(11)22)20-4-6-23-7-5-20/h8-10,12H,4-7H2,1-3H3,(H,17,18,19,22)/t10-,12?/m1/s1. The largest absolute Gasteiger partial charge is 0.378 e. The van der Waals surface area contributed by atoms with Crippen LogP contribution in [0.1, 0.15) is 26.8 Å². The minimum absolute atomic E-state index is 0.146. The summed E-state index contributed by atoms with van der Waals surface area (Å²) in [6.07, 6.45) is 1.80. The Kier molecular flexibility index (Phi) is 4.72. The number of halogens is 1. The normalized spacial score (nSPS) is 18.6. The van der Waals surface area contributed by atoms with Crippen LogP contribution >= 0.6 is 15.9 Å². The Bertz CT molecular complexity index is 725. The predicted octanol–water partition coefficient (Wildman–Crippen LogP) is 1.94. The quantitative estimate of drug-likeness (QED) is 0.816. The van der Waals surface area contributed by atoms with Crippen LogP contribution in [0.4, 0.5) is 5.95 Å². The van der Waals surface area contributed by atoms with Crippen LogP contribution in [-0.4, -0.2) is 50.9 Å². The first-order valence-corrected chi connectivity index (χ1v) is 8.85. The summed E-state index contributed by atoms with van der Waals surface area (Å²) in [6, 6.07) is 0.162. The number of morpholine rings is 1. The highest BCUT2D eigenvalue weighted by atomic mass is 79.9. The summed E-state index contributed by atoms with van der Waals surface area (Å²) in [5.74, 6) is 0.959. The van der Waals surface area contributed by atoms with E-state index in [9.17, 15) is 4.79 Å². The van der Waals surface area contributed by atoms with Gasteiger partial charge in [-0.1, -0.05) is 36.7 Å². The molecule has 3 rings (SSSR count). The summed E-state index contributed by atoms with van der Waals surface area (Å²) >= 11 is 3.64. The Balaban J connectivity index is 2.02. The summed E-state index contributed by atoms with van der Waals surface area (Å²) in [4.78, 5) is 22.1. The first-order chi connectivity index (χ1) is 11.0. The van der Waals surface area contributed by atoms with Crippen molar-refractivity contribution in [3.05, 3.63) is 16.6 Å². The molecule has 3 heterocycles. The van der Waals surface area contributed by atoms with E-state index in [-0.39, 0.29) is 16.4 Å². The molecule has 2 atom stereocenters. The van der Waals surface area contributed by atoms with Crippen molar-refractivity contribution >= 4 is 32.9 Å². The van der Waals surface area contributed by atoms with Crippen LogP contribution in [-0.2, 0) is 4.74 Å². The molecule has 7 nitrogen and oxygen atoms in total. The van der Waals surface area contributed by atoms with Gasteiger partial charge in [-0.15, -0.1) is 0 Å². The van der Waals surface area contributed by atoms with Crippen molar-refractivity contribution in [3.63, 3.8) is 0 Å². The number of nitrogens with zero attached hydrogens (tertiary/aromatic N) is 4. The lowest BCUT2D eigenvalue weighted by Crippen LogP contribution is -2.38. The summed E-state index contributed by atoms with van der Waals surface area (Å²) in [5.41, 5.74) is 0.349. The number of nitrogens with one attached hydrogen (secondary N) is 1. The third-order valence-electron chi connectivity index (χ3n) is 4.16. The van der Waals surface area contributed by atoms with Crippen LogP contribution in [0.2, 0.25) is 0 Å². The molecule has 0 radical (unpaired) electrons. The lowest BCUT2D eigenvalue weighted by atomic mass is 10.0. The van der Waals surface area contributed by atoms with Crippen molar-refractivity contribution in [2.45, 2.75) is 31.6 Å². The molecule has 2 aromatic heterocycles. The number of fused-ring (bicyclic) bond motifs is 1. The second-order valence-corrected chi connectivity index (χ2v) is 7.69. The van der Waals surface area contributed by atoms with E-state index >= 15 is 0 Å². The predicted molar refractivity (Wildman–Crippen MR) is 93.4 cm³/mol. The SMILES string of the molecule is CC(C)C([C@@H](C)Br)n1cc2c(=O)[nH]c(N3CCOCC3)nc2n1. The van der Waals surface area contributed by atoms with Gasteiger partial charge in [-0.2, -0.15) is 10.1 Å². The number of aromatic amines is 1. The van der Waals surface area contributed by atoms with Crippen LogP contribution in [0.3, 0.4) is 0 Å². The minimum Gasteiger partial charge on any atom is -0.378 e. The number of alkyl halides is 1. The summed E-state index contributed by atoms with van der Waals surface area (Å²) in [7, 11) is 0. The molecule has 1 unspecified atom stereocenters. The van der Waals surface area contributed by atoms with Crippen molar-refractivity contribution in [2.24, 2.45) is 5.92 Å². The summed E-state index contributed by atoms with van der Waals surface area (Å²) in [6.45, 7) is 9.12. The van der Waals surface area contributed by atoms with E-state index in [2.05, 4.69) is 51.8 Å². The maximum Gasteiger partial charge on any atom is 0.263 e. The Hall–Kier alpha value is -1.41. The minimum atomic E-state index is -0.146. The van der Waals surface area contributed by atoms with Crippen molar-refractivity contribution < 1.29 is 4.74 Å². The van der Waals surface area contributed by atoms with Gasteiger partial charge in [0.25, 0.3) is 5.56 Å². The van der Waals surface area contributed by atoms with Gasteiger partial charge >= 0.3 is 0 Å². The molecule has 0 spiro atoms. The molecule has 1 fully saturated rings. The van der Waals surface area contributed by atoms with E-state index in [0.717, 1.165) is 13.1 Å². The Morgan fingerprint density at radius 1 is 1.30 bits per heavy atom. The number of hydrogen-bond acceptors (Lipinski definition) is 5. The fourth-order valence-electron chi connectivity index (χ4n) is 3.05. The third kappa shape index (κ3) is 3.28. The number of ether oxygens (including phenoxy) is 1. The van der Waals surface area contributed by atoms with Crippen molar-refractivity contribution in [1.82, 2.24) is 19.7 Å². The van der Waals surface area contributed by atoms with Crippen LogP contribution in [0.15, 0.2) is 11.0 Å². The fourth-order valence-corrected chi connectivity index (χ4v) is 3.90. The highest BCUT2D eigenvalue weighted by Crippen LogP contribution is 2.27. The van der Waals surface area contributed by atoms with E-state index in [0.29, 0.717) is 36.1 Å². The molecule has 8 heteroatoms. The molecule has 2 aromatic rings. The van der Waals surface area contributed by atoms with Gasteiger partial charge in [0.1, 0.15) is 5.39 Å². The van der Waals surface area contributed by atoms with E-state index in [4.69, 9.17) is 4.74 Å². The number of hydrogen-bond donors (Lipinski definition) is 1. The average molecular weight is 384 g/mol. The zero-order valence-electron chi connectivity index (χ0n) is 13.6. The molecule has 0 amide bonds. The molecular weight excluding hydrogens is 362 g/mol. The number of anilines is 1. The highest BCUT2D eigenvalue weighted by Gasteiger charge is 2.23. The fraction of sp³-hybridized carbons (Fsp3) is 0.667. The van der Waals surface area contributed by atoms with Gasteiger partial charge < -0.3 is 9.64 Å². The van der Waals surface area contributed by atoms with Crippen LogP contribution in [0.5, 0.6) is 0 Å². The number of rotatable bonds is 4. The molecule has 1 N–H and O–H groups in total. The topological polar surface area (TPSA) is 76.0 Å². The Morgan fingerprint density at radius 2 is 2.00 bits per heavy atom. The Morgan fingerprint density at radius 3 is 2.61 bits per heavy atom. The molecule has 0 aliphatic carbocycles. The van der Waals surface area contributed by atoms with Crippen LogP contribution in [0.25, 0.3) is 11.0 Å². The molecule has 0 aromatic carbocycles. The van der Waals surface area contributed by atoms with Crippen molar-refractivity contribution in [3.8, 4) is 0 Å². The van der Waals surface area contributed by atoms with Gasteiger partial charge in [-0.3, -0.25) is 14.5 Å². The van der Waals surface area contributed by atoms with Crippen molar-refractivity contribution in [1.29, 1.82) is 0 Å². The molecule has 1 aliphatic heterocycles. The van der Waals surface area contributed by atoms with Gasteiger partial charge in [0.15, 0.2) is 5.65 Å². The smallest absolute Gasteiger partial charge is 0.263 e. The molecule has 1 saturated heterocycles. The average Bonchev–Trinajstić information content (AvgIpc) is 2.91. The maximum atomic E-state index is 12.4. The second kappa shape index (κ2) is 6.60. The van der Waals surface area contributed by atoms with E-state index in [1.54, 1.807) is 6.20 Å². The highest BCUT2D eigenvalue weighted by molar-refractivity contribution is 9.09. The molecule has 1 aliphatic rings. The molecule has 23 heavy (non-hydrogen) atoms. The van der Waals surface area contributed by atoms with Gasteiger partial charge in [0.2, 0.25) is 5.95 Å². The Labute approximate surface area is 143 Å². The van der Waals surface area contributed by atoms with E-state index < -0.39 is 0 Å². The molecule has 126 valence electrons. The van der Waals surface area contributed by atoms with Gasteiger partial charge in [0.05, 0.1) is 19.3 Å².